The molecule has 1 aromatic heterocycles. The quantitative estimate of drug-likeness (QED) is 0.794. The SMILES string of the molecule is CCOC(=O)N1CCc2cc(Br)sc2CC1C. The molecule has 0 aliphatic carbocycles. The van der Waals surface area contributed by atoms with Crippen molar-refractivity contribution in [3.8, 4) is 0 Å². The van der Waals surface area contributed by atoms with Crippen molar-refractivity contribution in [2.24, 2.45) is 0 Å². The van der Waals surface area contributed by atoms with Gasteiger partial charge in [0.1, 0.15) is 0 Å². The van der Waals surface area contributed by atoms with Gasteiger partial charge in [-0.1, -0.05) is 0 Å². The number of hydrogen-bond acceptors (Lipinski definition) is 3. The first-order valence-electron chi connectivity index (χ1n) is 5.82. The van der Waals surface area contributed by atoms with E-state index >= 15 is 0 Å². The molecule has 1 aliphatic heterocycles. The minimum absolute atomic E-state index is 0.186. The maximum atomic E-state index is 11.8. The fraction of sp³-hybridized carbons (Fsp3) is 0.583. The van der Waals surface area contributed by atoms with E-state index < -0.39 is 0 Å². The monoisotopic (exact) mass is 317 g/mol. The van der Waals surface area contributed by atoms with Crippen LogP contribution in [0.2, 0.25) is 0 Å². The lowest BCUT2D eigenvalue weighted by Crippen LogP contribution is -2.40. The number of fused-ring (bicyclic) bond motifs is 1. The van der Waals surface area contributed by atoms with Gasteiger partial charge in [0.25, 0.3) is 0 Å². The number of hydrogen-bond donors (Lipinski definition) is 0. The second-order valence-corrected chi connectivity index (χ2v) is 6.71. The highest BCUT2D eigenvalue weighted by atomic mass is 79.9. The number of carbonyl (C=O) groups excluding carboxylic acids is 1. The first-order chi connectivity index (χ1) is 8.11. The normalized spacial score (nSPS) is 19.7. The summed E-state index contributed by atoms with van der Waals surface area (Å²) in [5.74, 6) is 0. The third-order valence-electron chi connectivity index (χ3n) is 3.00. The van der Waals surface area contributed by atoms with Crippen molar-refractivity contribution >= 4 is 33.4 Å². The topological polar surface area (TPSA) is 29.5 Å². The third-order valence-corrected chi connectivity index (χ3v) is 4.71. The fourth-order valence-corrected chi connectivity index (χ4v) is 4.05. The van der Waals surface area contributed by atoms with Gasteiger partial charge >= 0.3 is 6.09 Å². The number of rotatable bonds is 1. The third kappa shape index (κ3) is 2.83. The summed E-state index contributed by atoms with van der Waals surface area (Å²) in [6.45, 7) is 5.11. The average molecular weight is 318 g/mol. The molecule has 3 nitrogen and oxygen atoms in total. The zero-order valence-electron chi connectivity index (χ0n) is 10.0. The molecule has 0 fully saturated rings. The molecule has 0 radical (unpaired) electrons. The number of nitrogens with zero attached hydrogens (tertiary/aromatic N) is 1. The molecule has 0 spiro atoms. The zero-order valence-corrected chi connectivity index (χ0v) is 12.4. The van der Waals surface area contributed by atoms with Crippen molar-refractivity contribution in [3.63, 3.8) is 0 Å². The number of carbonyl (C=O) groups is 1. The Morgan fingerprint density at radius 2 is 2.47 bits per heavy atom. The molecule has 1 amide bonds. The van der Waals surface area contributed by atoms with Gasteiger partial charge in [-0.3, -0.25) is 0 Å². The predicted octanol–water partition coefficient (Wildman–Crippen LogP) is 3.46. The number of amides is 1. The second-order valence-electron chi connectivity index (χ2n) is 4.19. The van der Waals surface area contributed by atoms with Crippen molar-refractivity contribution in [1.29, 1.82) is 0 Å². The molecule has 1 aromatic rings. The van der Waals surface area contributed by atoms with E-state index in [1.165, 1.54) is 14.2 Å². The maximum Gasteiger partial charge on any atom is 0.410 e. The lowest BCUT2D eigenvalue weighted by molar-refractivity contribution is 0.0950. The van der Waals surface area contributed by atoms with Crippen LogP contribution in [0.25, 0.3) is 0 Å². The summed E-state index contributed by atoms with van der Waals surface area (Å²) < 4.78 is 6.27. The van der Waals surface area contributed by atoms with E-state index in [-0.39, 0.29) is 12.1 Å². The molecule has 0 saturated carbocycles. The molecule has 5 heteroatoms. The van der Waals surface area contributed by atoms with Crippen LogP contribution >= 0.6 is 27.3 Å². The Hall–Kier alpha value is -0.550. The van der Waals surface area contributed by atoms with E-state index in [1.807, 2.05) is 11.8 Å². The molecule has 0 N–H and O–H groups in total. The van der Waals surface area contributed by atoms with Crippen molar-refractivity contribution in [3.05, 3.63) is 20.3 Å². The second kappa shape index (κ2) is 5.40. The number of halogens is 1. The first kappa shape index (κ1) is 12.9. The summed E-state index contributed by atoms with van der Waals surface area (Å²) in [5, 5.41) is 0. The van der Waals surface area contributed by atoms with E-state index in [4.69, 9.17) is 4.74 Å². The lowest BCUT2D eigenvalue weighted by Gasteiger charge is -2.25. The van der Waals surface area contributed by atoms with Crippen LogP contribution in [0.4, 0.5) is 4.79 Å². The van der Waals surface area contributed by atoms with Gasteiger partial charge in [0, 0.05) is 23.9 Å². The Morgan fingerprint density at radius 1 is 1.71 bits per heavy atom. The molecule has 17 heavy (non-hydrogen) atoms. The van der Waals surface area contributed by atoms with Gasteiger partial charge in [-0.2, -0.15) is 0 Å². The van der Waals surface area contributed by atoms with Gasteiger partial charge < -0.3 is 9.64 Å². The van der Waals surface area contributed by atoms with Crippen LogP contribution in [0.1, 0.15) is 24.3 Å². The van der Waals surface area contributed by atoms with E-state index in [2.05, 4.69) is 28.9 Å². The summed E-state index contributed by atoms with van der Waals surface area (Å²) in [5.41, 5.74) is 1.36. The first-order valence-corrected chi connectivity index (χ1v) is 7.43. The van der Waals surface area contributed by atoms with Crippen LogP contribution in [0.15, 0.2) is 9.85 Å². The largest absolute Gasteiger partial charge is 0.450 e. The minimum Gasteiger partial charge on any atom is -0.450 e. The van der Waals surface area contributed by atoms with E-state index in [1.54, 1.807) is 11.3 Å². The maximum absolute atomic E-state index is 11.8. The summed E-state index contributed by atoms with van der Waals surface area (Å²) in [6, 6.07) is 2.38. The molecule has 0 aromatic carbocycles. The highest BCUT2D eigenvalue weighted by Gasteiger charge is 2.26. The van der Waals surface area contributed by atoms with Gasteiger partial charge in [-0.15, -0.1) is 11.3 Å². The minimum atomic E-state index is -0.186. The average Bonchev–Trinajstić information content (AvgIpc) is 2.52. The van der Waals surface area contributed by atoms with Crippen molar-refractivity contribution < 1.29 is 9.53 Å². The molecule has 1 aliphatic rings. The van der Waals surface area contributed by atoms with Crippen LogP contribution in [0.3, 0.4) is 0 Å². The van der Waals surface area contributed by atoms with Gasteiger partial charge in [0.05, 0.1) is 10.4 Å². The molecular formula is C12H16BrNO2S. The van der Waals surface area contributed by atoms with E-state index in [0.717, 1.165) is 19.4 Å². The Kier molecular flexibility index (Phi) is 4.09. The Morgan fingerprint density at radius 3 is 3.18 bits per heavy atom. The van der Waals surface area contributed by atoms with Crippen LogP contribution < -0.4 is 0 Å². The predicted molar refractivity (Wildman–Crippen MR) is 72.6 cm³/mol. The molecular weight excluding hydrogens is 302 g/mol. The summed E-state index contributed by atoms with van der Waals surface area (Å²) >= 11 is 5.29. The highest BCUT2D eigenvalue weighted by molar-refractivity contribution is 9.11. The highest BCUT2D eigenvalue weighted by Crippen LogP contribution is 2.31. The van der Waals surface area contributed by atoms with Crippen molar-refractivity contribution in [2.45, 2.75) is 32.7 Å². The molecule has 1 atom stereocenters. The Balaban J connectivity index is 2.12. The van der Waals surface area contributed by atoms with Crippen LogP contribution in [0.5, 0.6) is 0 Å². The smallest absolute Gasteiger partial charge is 0.410 e. The van der Waals surface area contributed by atoms with Crippen molar-refractivity contribution in [1.82, 2.24) is 4.90 Å². The van der Waals surface area contributed by atoms with Crippen LogP contribution in [-0.2, 0) is 17.6 Å². The fourth-order valence-electron chi connectivity index (χ4n) is 2.13. The molecule has 2 rings (SSSR count). The molecule has 94 valence electrons. The Bertz CT molecular complexity index is 419. The summed E-state index contributed by atoms with van der Waals surface area (Å²) in [4.78, 5) is 15.0. The zero-order chi connectivity index (χ0) is 12.4. The number of thiophene rings is 1. The summed E-state index contributed by atoms with van der Waals surface area (Å²) in [7, 11) is 0. The molecule has 1 unspecified atom stereocenters. The lowest BCUT2D eigenvalue weighted by atomic mass is 10.1. The Labute approximate surface area is 114 Å². The number of ether oxygens (including phenoxy) is 1. The van der Waals surface area contributed by atoms with E-state index in [0.29, 0.717) is 6.61 Å². The van der Waals surface area contributed by atoms with Gasteiger partial charge in [0.15, 0.2) is 0 Å². The molecule has 2 heterocycles. The van der Waals surface area contributed by atoms with Crippen molar-refractivity contribution in [2.75, 3.05) is 13.2 Å². The van der Waals surface area contributed by atoms with E-state index in [9.17, 15) is 4.79 Å². The standard InChI is InChI=1S/C12H16BrNO2S/c1-3-16-12(15)14-5-4-9-7-11(13)17-10(9)6-8(14)2/h7-8H,3-6H2,1-2H3. The summed E-state index contributed by atoms with van der Waals surface area (Å²) in [6.07, 6.45) is 1.65. The van der Waals surface area contributed by atoms with Gasteiger partial charge in [-0.25, -0.2) is 4.79 Å². The van der Waals surface area contributed by atoms with Crippen LogP contribution in [-0.4, -0.2) is 30.2 Å². The molecule has 0 bridgehead atoms. The van der Waals surface area contributed by atoms with Crippen LogP contribution in [0, 0.1) is 0 Å². The van der Waals surface area contributed by atoms with Gasteiger partial charge in [0.2, 0.25) is 0 Å². The molecule has 0 saturated heterocycles. The van der Waals surface area contributed by atoms with Gasteiger partial charge in [-0.05, 0) is 47.8 Å².